The second-order valence-electron chi connectivity index (χ2n) is 5.73. The maximum absolute atomic E-state index is 12.4. The Labute approximate surface area is 146 Å². The molecule has 0 bridgehead atoms. The molecular formula is C19H23BrN2O. The fourth-order valence-electron chi connectivity index (χ4n) is 2.49. The molecule has 2 rings (SSSR count). The van der Waals surface area contributed by atoms with Crippen molar-refractivity contribution in [2.45, 2.75) is 26.8 Å². The Hall–Kier alpha value is -1.65. The van der Waals surface area contributed by atoms with Gasteiger partial charge in [-0.2, -0.15) is 0 Å². The highest BCUT2D eigenvalue weighted by Gasteiger charge is 2.12. The normalized spacial score (nSPS) is 10.8. The third kappa shape index (κ3) is 5.81. The molecule has 2 aromatic rings. The van der Waals surface area contributed by atoms with Crippen LogP contribution in [0.15, 0.2) is 53.0 Å². The summed E-state index contributed by atoms with van der Waals surface area (Å²) in [6, 6.07) is 16.2. The summed E-state index contributed by atoms with van der Waals surface area (Å²) in [6.45, 7) is 6.24. The number of carbonyl (C=O) groups is 1. The minimum Gasteiger partial charge on any atom is -0.324 e. The van der Waals surface area contributed by atoms with Crippen LogP contribution in [0.1, 0.15) is 24.5 Å². The number of carbonyl (C=O) groups excluding carboxylic acids is 1. The Kier molecular flexibility index (Phi) is 6.81. The highest BCUT2D eigenvalue weighted by Crippen LogP contribution is 2.23. The Morgan fingerprint density at radius 2 is 1.91 bits per heavy atom. The Morgan fingerprint density at radius 1 is 1.17 bits per heavy atom. The monoisotopic (exact) mass is 374 g/mol. The number of hydrogen-bond acceptors (Lipinski definition) is 2. The molecule has 0 atom stereocenters. The molecule has 122 valence electrons. The van der Waals surface area contributed by atoms with Crippen LogP contribution in [0, 0.1) is 6.92 Å². The maximum atomic E-state index is 12.4. The van der Waals surface area contributed by atoms with Gasteiger partial charge >= 0.3 is 0 Å². The Bertz CT molecular complexity index is 643. The average Bonchev–Trinajstić information content (AvgIpc) is 2.51. The molecule has 1 amide bonds. The van der Waals surface area contributed by atoms with Gasteiger partial charge in [0.15, 0.2) is 0 Å². The predicted octanol–water partition coefficient (Wildman–Crippen LogP) is 4.61. The lowest BCUT2D eigenvalue weighted by Crippen LogP contribution is -2.33. The van der Waals surface area contributed by atoms with Crippen LogP contribution in [0.5, 0.6) is 0 Å². The zero-order valence-electron chi connectivity index (χ0n) is 13.7. The summed E-state index contributed by atoms with van der Waals surface area (Å²) in [7, 11) is 0. The van der Waals surface area contributed by atoms with E-state index in [-0.39, 0.29) is 5.91 Å². The Balaban J connectivity index is 1.97. The quantitative estimate of drug-likeness (QED) is 0.767. The van der Waals surface area contributed by atoms with E-state index in [2.05, 4.69) is 45.2 Å². The third-order valence-electron chi connectivity index (χ3n) is 3.55. The second-order valence-corrected chi connectivity index (χ2v) is 6.58. The van der Waals surface area contributed by atoms with Crippen LogP contribution in [0.2, 0.25) is 0 Å². The number of hydrogen-bond donors (Lipinski definition) is 1. The standard InChI is InChI=1S/C19H23BrN2O/c1-3-11-22(13-16-7-5-4-6-8-16)14-19(23)21-18-10-9-15(2)12-17(18)20/h4-10,12H,3,11,13-14H2,1-2H3,(H,21,23). The molecule has 2 aromatic carbocycles. The zero-order valence-corrected chi connectivity index (χ0v) is 15.3. The summed E-state index contributed by atoms with van der Waals surface area (Å²) in [5.41, 5.74) is 3.20. The topological polar surface area (TPSA) is 32.3 Å². The molecule has 0 aliphatic rings. The summed E-state index contributed by atoms with van der Waals surface area (Å²) in [5.74, 6) is 0.0129. The van der Waals surface area contributed by atoms with Crippen LogP contribution in [0.3, 0.4) is 0 Å². The van der Waals surface area contributed by atoms with Gasteiger partial charge in [0.2, 0.25) is 5.91 Å². The first kappa shape index (κ1) is 17.7. The molecular weight excluding hydrogens is 352 g/mol. The molecule has 0 heterocycles. The number of rotatable bonds is 7. The number of nitrogens with one attached hydrogen (secondary N) is 1. The van der Waals surface area contributed by atoms with Crippen LogP contribution >= 0.6 is 15.9 Å². The minimum absolute atomic E-state index is 0.0129. The lowest BCUT2D eigenvalue weighted by Gasteiger charge is -2.21. The van der Waals surface area contributed by atoms with Crippen molar-refractivity contribution >= 4 is 27.5 Å². The van der Waals surface area contributed by atoms with Crippen molar-refractivity contribution in [2.24, 2.45) is 0 Å². The lowest BCUT2D eigenvalue weighted by molar-refractivity contribution is -0.117. The molecule has 0 radical (unpaired) electrons. The van der Waals surface area contributed by atoms with Gasteiger partial charge in [0, 0.05) is 11.0 Å². The van der Waals surface area contributed by atoms with Crippen LogP contribution in [0.4, 0.5) is 5.69 Å². The van der Waals surface area contributed by atoms with Crippen molar-refractivity contribution in [3.8, 4) is 0 Å². The molecule has 23 heavy (non-hydrogen) atoms. The molecule has 0 aromatic heterocycles. The molecule has 0 fully saturated rings. The van der Waals surface area contributed by atoms with Crippen molar-refractivity contribution in [2.75, 3.05) is 18.4 Å². The van der Waals surface area contributed by atoms with Gasteiger partial charge in [-0.1, -0.05) is 43.3 Å². The van der Waals surface area contributed by atoms with Crippen molar-refractivity contribution in [3.63, 3.8) is 0 Å². The largest absolute Gasteiger partial charge is 0.324 e. The minimum atomic E-state index is 0.0129. The van der Waals surface area contributed by atoms with Crippen LogP contribution in [-0.2, 0) is 11.3 Å². The molecule has 3 nitrogen and oxygen atoms in total. The number of nitrogens with zero attached hydrogens (tertiary/aromatic N) is 1. The highest BCUT2D eigenvalue weighted by atomic mass is 79.9. The summed E-state index contributed by atoms with van der Waals surface area (Å²) < 4.78 is 0.913. The van der Waals surface area contributed by atoms with Gasteiger partial charge in [-0.25, -0.2) is 0 Å². The first-order valence-electron chi connectivity index (χ1n) is 7.90. The number of benzene rings is 2. The second kappa shape index (κ2) is 8.85. The van der Waals surface area contributed by atoms with E-state index in [1.807, 2.05) is 43.3 Å². The third-order valence-corrected chi connectivity index (χ3v) is 4.21. The van der Waals surface area contributed by atoms with E-state index >= 15 is 0 Å². The molecule has 0 unspecified atom stereocenters. The van der Waals surface area contributed by atoms with E-state index in [0.29, 0.717) is 6.54 Å². The fraction of sp³-hybridized carbons (Fsp3) is 0.316. The van der Waals surface area contributed by atoms with E-state index in [0.717, 1.165) is 35.2 Å². The average molecular weight is 375 g/mol. The SMILES string of the molecule is CCCN(CC(=O)Nc1ccc(C)cc1Br)Cc1ccccc1. The highest BCUT2D eigenvalue weighted by molar-refractivity contribution is 9.10. The van der Waals surface area contributed by atoms with Gasteiger partial charge in [0.05, 0.1) is 12.2 Å². The van der Waals surface area contributed by atoms with Gasteiger partial charge in [0.1, 0.15) is 0 Å². The molecule has 0 saturated heterocycles. The van der Waals surface area contributed by atoms with Crippen molar-refractivity contribution < 1.29 is 4.79 Å². The molecule has 0 aliphatic heterocycles. The van der Waals surface area contributed by atoms with Crippen LogP contribution < -0.4 is 5.32 Å². The number of halogens is 1. The molecule has 4 heteroatoms. The van der Waals surface area contributed by atoms with Gasteiger partial charge < -0.3 is 5.32 Å². The smallest absolute Gasteiger partial charge is 0.238 e. The lowest BCUT2D eigenvalue weighted by atomic mass is 10.2. The number of anilines is 1. The van der Waals surface area contributed by atoms with Crippen molar-refractivity contribution in [1.82, 2.24) is 4.90 Å². The van der Waals surface area contributed by atoms with Crippen LogP contribution in [0.25, 0.3) is 0 Å². The van der Waals surface area contributed by atoms with E-state index in [1.54, 1.807) is 0 Å². The summed E-state index contributed by atoms with van der Waals surface area (Å²) >= 11 is 3.50. The first-order chi connectivity index (χ1) is 11.1. The van der Waals surface area contributed by atoms with Crippen molar-refractivity contribution in [1.29, 1.82) is 0 Å². The van der Waals surface area contributed by atoms with Gasteiger partial charge in [-0.05, 0) is 59.1 Å². The van der Waals surface area contributed by atoms with Crippen LogP contribution in [-0.4, -0.2) is 23.9 Å². The molecule has 0 saturated carbocycles. The van der Waals surface area contributed by atoms with E-state index < -0.39 is 0 Å². The maximum Gasteiger partial charge on any atom is 0.238 e. The van der Waals surface area contributed by atoms with Gasteiger partial charge in [-0.15, -0.1) is 0 Å². The summed E-state index contributed by atoms with van der Waals surface area (Å²) in [5, 5.41) is 2.98. The number of aryl methyl sites for hydroxylation is 1. The summed E-state index contributed by atoms with van der Waals surface area (Å²) in [6.07, 6.45) is 1.02. The van der Waals surface area contributed by atoms with Crippen molar-refractivity contribution in [3.05, 3.63) is 64.1 Å². The fourth-order valence-corrected chi connectivity index (χ4v) is 3.08. The van der Waals surface area contributed by atoms with E-state index in [9.17, 15) is 4.79 Å². The molecule has 0 aliphatic carbocycles. The van der Waals surface area contributed by atoms with Gasteiger partial charge in [0.25, 0.3) is 0 Å². The summed E-state index contributed by atoms with van der Waals surface area (Å²) in [4.78, 5) is 14.5. The first-order valence-corrected chi connectivity index (χ1v) is 8.70. The molecule has 0 spiro atoms. The van der Waals surface area contributed by atoms with E-state index in [1.165, 1.54) is 5.56 Å². The zero-order chi connectivity index (χ0) is 16.7. The number of amides is 1. The predicted molar refractivity (Wildman–Crippen MR) is 99.5 cm³/mol. The molecule has 1 N–H and O–H groups in total. The van der Waals surface area contributed by atoms with Gasteiger partial charge in [-0.3, -0.25) is 9.69 Å². The van der Waals surface area contributed by atoms with E-state index in [4.69, 9.17) is 0 Å². The Morgan fingerprint density at radius 3 is 2.57 bits per heavy atom.